The van der Waals surface area contributed by atoms with E-state index in [0.717, 1.165) is 0 Å². The molecule has 1 amide bonds. The Morgan fingerprint density at radius 2 is 1.95 bits per heavy atom. The van der Waals surface area contributed by atoms with Crippen molar-refractivity contribution in [2.45, 2.75) is 6.04 Å². The maximum absolute atomic E-state index is 11.9. The third-order valence-electron chi connectivity index (χ3n) is 2.81. The second kappa shape index (κ2) is 5.92. The van der Waals surface area contributed by atoms with Crippen LogP contribution in [0.4, 0.5) is 0 Å². The molecule has 1 atom stereocenters. The predicted molar refractivity (Wildman–Crippen MR) is 71.6 cm³/mol. The van der Waals surface area contributed by atoms with Crippen LogP contribution in [0, 0.1) is 0 Å². The van der Waals surface area contributed by atoms with Crippen molar-refractivity contribution in [3.8, 4) is 5.75 Å². The van der Waals surface area contributed by atoms with Gasteiger partial charge in [-0.2, -0.15) is 0 Å². The number of nitrogens with one attached hydrogen (secondary N) is 2. The molecular weight excluding hydrogens is 260 g/mol. The second-order valence-corrected chi connectivity index (χ2v) is 4.10. The van der Waals surface area contributed by atoms with Gasteiger partial charge in [-0.3, -0.25) is 4.79 Å². The van der Waals surface area contributed by atoms with E-state index in [9.17, 15) is 14.7 Å². The number of aliphatic carboxylic acids is 1. The van der Waals surface area contributed by atoms with Gasteiger partial charge < -0.3 is 20.1 Å². The number of ether oxygens (including phenoxy) is 1. The Kier molecular flexibility index (Phi) is 4.05. The number of carbonyl (C=O) groups excluding carboxylic acids is 1. The van der Waals surface area contributed by atoms with E-state index in [1.54, 1.807) is 42.6 Å². The van der Waals surface area contributed by atoms with E-state index in [4.69, 9.17) is 4.74 Å². The molecule has 0 aliphatic heterocycles. The summed E-state index contributed by atoms with van der Waals surface area (Å²) in [5, 5.41) is 11.7. The highest BCUT2D eigenvalue weighted by Crippen LogP contribution is 2.18. The summed E-state index contributed by atoms with van der Waals surface area (Å²) < 4.78 is 5.01. The zero-order valence-corrected chi connectivity index (χ0v) is 10.8. The molecule has 0 saturated heterocycles. The number of methoxy groups -OCH3 is 1. The highest BCUT2D eigenvalue weighted by Gasteiger charge is 2.22. The van der Waals surface area contributed by atoms with Crippen LogP contribution < -0.4 is 10.1 Å². The fourth-order valence-electron chi connectivity index (χ4n) is 1.76. The summed E-state index contributed by atoms with van der Waals surface area (Å²) in [6.07, 6.45) is 1.60. The average Bonchev–Trinajstić information content (AvgIpc) is 2.98. The standard InChI is InChI=1S/C14H14N2O4/c1-20-10-6-4-9(5-7-10)12(14(18)19)16-13(17)11-3-2-8-15-11/h2-8,12,15H,1H3,(H,16,17)(H,18,19). The third kappa shape index (κ3) is 2.97. The minimum atomic E-state index is -1.13. The lowest BCUT2D eigenvalue weighted by Crippen LogP contribution is -2.33. The molecule has 20 heavy (non-hydrogen) atoms. The van der Waals surface area contributed by atoms with Gasteiger partial charge in [-0.1, -0.05) is 12.1 Å². The summed E-state index contributed by atoms with van der Waals surface area (Å²) >= 11 is 0. The molecule has 0 fully saturated rings. The van der Waals surface area contributed by atoms with E-state index in [1.165, 1.54) is 7.11 Å². The Morgan fingerprint density at radius 3 is 2.45 bits per heavy atom. The average molecular weight is 274 g/mol. The van der Waals surface area contributed by atoms with Crippen LogP contribution in [0.1, 0.15) is 22.1 Å². The molecule has 1 aromatic heterocycles. The van der Waals surface area contributed by atoms with Gasteiger partial charge in [0.15, 0.2) is 6.04 Å². The second-order valence-electron chi connectivity index (χ2n) is 4.10. The van der Waals surface area contributed by atoms with Crippen molar-refractivity contribution in [2.75, 3.05) is 7.11 Å². The molecule has 0 saturated carbocycles. The maximum atomic E-state index is 11.9. The van der Waals surface area contributed by atoms with Gasteiger partial charge in [-0.25, -0.2) is 4.79 Å². The highest BCUT2D eigenvalue weighted by molar-refractivity contribution is 5.95. The number of carboxylic acids is 1. The molecule has 2 rings (SSSR count). The summed E-state index contributed by atoms with van der Waals surface area (Å²) in [5.41, 5.74) is 0.781. The topological polar surface area (TPSA) is 91.4 Å². The molecule has 2 aromatic rings. The quantitative estimate of drug-likeness (QED) is 0.772. The molecule has 1 aromatic carbocycles. The van der Waals surface area contributed by atoms with Crippen molar-refractivity contribution in [3.63, 3.8) is 0 Å². The van der Waals surface area contributed by atoms with Gasteiger partial charge in [0.2, 0.25) is 0 Å². The maximum Gasteiger partial charge on any atom is 0.330 e. The molecule has 6 nitrogen and oxygen atoms in total. The lowest BCUT2D eigenvalue weighted by Gasteiger charge is -2.14. The SMILES string of the molecule is COc1ccc(C(NC(=O)c2ccc[nH]2)C(=O)O)cc1. The van der Waals surface area contributed by atoms with Gasteiger partial charge in [-0.15, -0.1) is 0 Å². The van der Waals surface area contributed by atoms with Crippen molar-refractivity contribution in [1.29, 1.82) is 0 Å². The highest BCUT2D eigenvalue weighted by atomic mass is 16.5. The molecule has 0 radical (unpaired) electrons. The molecule has 6 heteroatoms. The van der Waals surface area contributed by atoms with Gasteiger partial charge in [0, 0.05) is 6.20 Å². The Balaban J connectivity index is 2.18. The monoisotopic (exact) mass is 274 g/mol. The van der Waals surface area contributed by atoms with Gasteiger partial charge in [0.25, 0.3) is 5.91 Å². The molecule has 104 valence electrons. The number of benzene rings is 1. The van der Waals surface area contributed by atoms with Crippen LogP contribution in [0.25, 0.3) is 0 Å². The number of carbonyl (C=O) groups is 2. The predicted octanol–water partition coefficient (Wildman–Crippen LogP) is 1.58. The van der Waals surface area contributed by atoms with Crippen LogP contribution in [0.3, 0.4) is 0 Å². The first kappa shape index (κ1) is 13.7. The van der Waals surface area contributed by atoms with Gasteiger partial charge >= 0.3 is 5.97 Å². The first-order valence-electron chi connectivity index (χ1n) is 5.93. The number of aromatic nitrogens is 1. The molecule has 1 heterocycles. The van der Waals surface area contributed by atoms with Gasteiger partial charge in [-0.05, 0) is 29.8 Å². The van der Waals surface area contributed by atoms with E-state index >= 15 is 0 Å². The first-order valence-corrected chi connectivity index (χ1v) is 5.93. The third-order valence-corrected chi connectivity index (χ3v) is 2.81. The van der Waals surface area contributed by atoms with Gasteiger partial charge in [0.1, 0.15) is 11.4 Å². The number of amides is 1. The summed E-state index contributed by atoms with van der Waals surface area (Å²) in [6.45, 7) is 0. The zero-order chi connectivity index (χ0) is 14.5. The minimum absolute atomic E-state index is 0.310. The first-order chi connectivity index (χ1) is 9.61. The van der Waals surface area contributed by atoms with Crippen LogP contribution in [-0.2, 0) is 4.79 Å². The van der Waals surface area contributed by atoms with Crippen molar-refractivity contribution in [3.05, 3.63) is 53.9 Å². The Bertz CT molecular complexity index is 590. The summed E-state index contributed by atoms with van der Waals surface area (Å²) in [6, 6.07) is 8.62. The van der Waals surface area contributed by atoms with Crippen molar-refractivity contribution in [2.24, 2.45) is 0 Å². The molecule has 0 aliphatic carbocycles. The van der Waals surface area contributed by atoms with Crippen LogP contribution in [0.15, 0.2) is 42.6 Å². The van der Waals surface area contributed by atoms with Crippen molar-refractivity contribution < 1.29 is 19.4 Å². The van der Waals surface area contributed by atoms with E-state index in [0.29, 0.717) is 17.0 Å². The molecule has 3 N–H and O–H groups in total. The molecule has 1 unspecified atom stereocenters. The Hall–Kier alpha value is -2.76. The van der Waals surface area contributed by atoms with Crippen LogP contribution >= 0.6 is 0 Å². The minimum Gasteiger partial charge on any atom is -0.497 e. The fraction of sp³-hybridized carbons (Fsp3) is 0.143. The smallest absolute Gasteiger partial charge is 0.330 e. The zero-order valence-electron chi connectivity index (χ0n) is 10.8. The molecule has 0 aliphatic rings. The van der Waals surface area contributed by atoms with Crippen LogP contribution in [0.2, 0.25) is 0 Å². The normalized spacial score (nSPS) is 11.7. The van der Waals surface area contributed by atoms with Crippen LogP contribution in [0.5, 0.6) is 5.75 Å². The number of rotatable bonds is 5. The van der Waals surface area contributed by atoms with E-state index < -0.39 is 17.9 Å². The van der Waals surface area contributed by atoms with Crippen LogP contribution in [-0.4, -0.2) is 29.1 Å². The van der Waals surface area contributed by atoms with Gasteiger partial charge in [0.05, 0.1) is 7.11 Å². The fourth-order valence-corrected chi connectivity index (χ4v) is 1.76. The van der Waals surface area contributed by atoms with Crippen molar-refractivity contribution >= 4 is 11.9 Å². The van der Waals surface area contributed by atoms with E-state index in [2.05, 4.69) is 10.3 Å². The summed E-state index contributed by atoms with van der Waals surface area (Å²) in [7, 11) is 1.52. The van der Waals surface area contributed by atoms with E-state index in [-0.39, 0.29) is 0 Å². The summed E-state index contributed by atoms with van der Waals surface area (Å²) in [5.74, 6) is -0.984. The number of aromatic amines is 1. The molecule has 0 spiro atoms. The van der Waals surface area contributed by atoms with Crippen molar-refractivity contribution in [1.82, 2.24) is 10.3 Å². The lowest BCUT2D eigenvalue weighted by molar-refractivity contribution is -0.139. The van der Waals surface area contributed by atoms with E-state index in [1.807, 2.05) is 0 Å². The lowest BCUT2D eigenvalue weighted by atomic mass is 10.1. The number of hydrogen-bond acceptors (Lipinski definition) is 3. The number of carboxylic acid groups (broad SMARTS) is 1. The Labute approximate surface area is 115 Å². The summed E-state index contributed by atoms with van der Waals surface area (Å²) in [4.78, 5) is 25.9. The number of hydrogen-bond donors (Lipinski definition) is 3. The largest absolute Gasteiger partial charge is 0.497 e. The number of H-pyrrole nitrogens is 1. The Morgan fingerprint density at radius 1 is 1.25 bits per heavy atom. The molecule has 0 bridgehead atoms. The molecular formula is C14H14N2O4.